The van der Waals surface area contributed by atoms with Crippen molar-refractivity contribution in [3.63, 3.8) is 0 Å². The molecule has 5 heteroatoms. The fraction of sp³-hybridized carbons (Fsp3) is 0.667. The summed E-state index contributed by atoms with van der Waals surface area (Å²) in [6, 6.07) is 4.14. The van der Waals surface area contributed by atoms with Crippen LogP contribution in [0.3, 0.4) is 0 Å². The molecule has 1 aromatic rings. The Bertz CT molecular complexity index is 402. The molecule has 0 spiro atoms. The third-order valence-corrected chi connectivity index (χ3v) is 3.68. The van der Waals surface area contributed by atoms with Gasteiger partial charge in [0.25, 0.3) is 0 Å². The second-order valence-corrected chi connectivity index (χ2v) is 5.21. The number of hydrogen-bond acceptors (Lipinski definition) is 5. The van der Waals surface area contributed by atoms with Gasteiger partial charge >= 0.3 is 0 Å². The predicted octanol–water partition coefficient (Wildman–Crippen LogP) is 1.75. The van der Waals surface area contributed by atoms with Crippen LogP contribution in [0.2, 0.25) is 0 Å². The van der Waals surface area contributed by atoms with E-state index in [4.69, 9.17) is 9.47 Å². The smallest absolute Gasteiger partial charge is 0.0971 e. The number of hydrogen-bond donors (Lipinski definition) is 1. The van der Waals surface area contributed by atoms with Crippen molar-refractivity contribution >= 4 is 5.69 Å². The fourth-order valence-corrected chi connectivity index (χ4v) is 2.57. The van der Waals surface area contributed by atoms with Gasteiger partial charge in [-0.1, -0.05) is 6.92 Å². The van der Waals surface area contributed by atoms with Crippen molar-refractivity contribution in [2.75, 3.05) is 39.2 Å². The van der Waals surface area contributed by atoms with Gasteiger partial charge in [0.05, 0.1) is 17.9 Å². The van der Waals surface area contributed by atoms with E-state index in [1.807, 2.05) is 12.3 Å². The average Bonchev–Trinajstić information content (AvgIpc) is 2.87. The maximum Gasteiger partial charge on any atom is 0.0971 e. The molecule has 2 rings (SSSR count). The van der Waals surface area contributed by atoms with E-state index < -0.39 is 0 Å². The number of aromatic nitrogens is 1. The highest BCUT2D eigenvalue weighted by Gasteiger charge is 2.32. The van der Waals surface area contributed by atoms with Crippen LogP contribution in [-0.4, -0.2) is 55.9 Å². The van der Waals surface area contributed by atoms with E-state index in [1.54, 1.807) is 14.2 Å². The first-order valence-corrected chi connectivity index (χ1v) is 7.23. The normalized spacial score (nSPS) is 23.1. The molecular weight excluding hydrogens is 254 g/mol. The first-order valence-electron chi connectivity index (χ1n) is 7.23. The topological polar surface area (TPSA) is 46.6 Å². The SMILES string of the molecule is CCCNc1ccnc(CN2CC(OC)C(OC)C2)c1. The van der Waals surface area contributed by atoms with E-state index in [1.165, 1.54) is 0 Å². The van der Waals surface area contributed by atoms with Crippen molar-refractivity contribution in [1.29, 1.82) is 0 Å². The summed E-state index contributed by atoms with van der Waals surface area (Å²) in [4.78, 5) is 6.78. The summed E-state index contributed by atoms with van der Waals surface area (Å²) in [5.41, 5.74) is 2.22. The van der Waals surface area contributed by atoms with Crippen LogP contribution in [-0.2, 0) is 16.0 Å². The summed E-state index contributed by atoms with van der Waals surface area (Å²) in [6.45, 7) is 5.77. The van der Waals surface area contributed by atoms with Gasteiger partial charge in [0.1, 0.15) is 0 Å². The van der Waals surface area contributed by atoms with Crippen molar-refractivity contribution < 1.29 is 9.47 Å². The van der Waals surface area contributed by atoms with Gasteiger partial charge in [-0.15, -0.1) is 0 Å². The van der Waals surface area contributed by atoms with Crippen LogP contribution in [0.5, 0.6) is 0 Å². The molecule has 1 fully saturated rings. The average molecular weight is 279 g/mol. The summed E-state index contributed by atoms with van der Waals surface area (Å²) in [7, 11) is 3.49. The number of methoxy groups -OCH3 is 2. The zero-order valence-corrected chi connectivity index (χ0v) is 12.6. The van der Waals surface area contributed by atoms with Crippen LogP contribution in [0, 0.1) is 0 Å². The lowest BCUT2D eigenvalue weighted by atomic mass is 10.3. The first-order chi connectivity index (χ1) is 9.76. The molecule has 112 valence electrons. The van der Waals surface area contributed by atoms with Crippen molar-refractivity contribution in [1.82, 2.24) is 9.88 Å². The van der Waals surface area contributed by atoms with E-state index in [9.17, 15) is 0 Å². The van der Waals surface area contributed by atoms with Crippen molar-refractivity contribution in [2.24, 2.45) is 0 Å². The van der Waals surface area contributed by atoms with E-state index in [2.05, 4.69) is 28.2 Å². The Hall–Kier alpha value is -1.17. The third kappa shape index (κ3) is 3.91. The minimum Gasteiger partial charge on any atom is -0.385 e. The number of likely N-dealkylation sites (tertiary alicyclic amines) is 1. The number of anilines is 1. The maximum atomic E-state index is 5.46. The summed E-state index contributed by atoms with van der Waals surface area (Å²) < 4.78 is 10.9. The molecule has 20 heavy (non-hydrogen) atoms. The van der Waals surface area contributed by atoms with Gasteiger partial charge in [-0.05, 0) is 18.6 Å². The van der Waals surface area contributed by atoms with Crippen LogP contribution < -0.4 is 5.32 Å². The lowest BCUT2D eigenvalue weighted by Crippen LogP contribution is -2.27. The monoisotopic (exact) mass is 279 g/mol. The summed E-state index contributed by atoms with van der Waals surface area (Å²) in [6.07, 6.45) is 3.29. The molecule has 1 aromatic heterocycles. The Kier molecular flexibility index (Phi) is 5.76. The van der Waals surface area contributed by atoms with E-state index in [0.29, 0.717) is 0 Å². The lowest BCUT2D eigenvalue weighted by molar-refractivity contribution is -0.00461. The van der Waals surface area contributed by atoms with Gasteiger partial charge < -0.3 is 14.8 Å². The number of ether oxygens (including phenoxy) is 2. The molecule has 1 aliphatic rings. The molecule has 2 atom stereocenters. The third-order valence-electron chi connectivity index (χ3n) is 3.68. The Morgan fingerprint density at radius 1 is 1.30 bits per heavy atom. The largest absolute Gasteiger partial charge is 0.385 e. The minimum absolute atomic E-state index is 0.154. The van der Waals surface area contributed by atoms with Gasteiger partial charge in [0.2, 0.25) is 0 Å². The highest BCUT2D eigenvalue weighted by atomic mass is 16.5. The van der Waals surface area contributed by atoms with Gasteiger partial charge in [-0.25, -0.2) is 0 Å². The Morgan fingerprint density at radius 2 is 2.00 bits per heavy atom. The zero-order chi connectivity index (χ0) is 14.4. The van der Waals surface area contributed by atoms with Crippen LogP contribution in [0.15, 0.2) is 18.3 Å². The molecule has 0 amide bonds. The Morgan fingerprint density at radius 3 is 2.60 bits per heavy atom. The van der Waals surface area contributed by atoms with Gasteiger partial charge in [0, 0.05) is 52.3 Å². The molecule has 1 N–H and O–H groups in total. The summed E-state index contributed by atoms with van der Waals surface area (Å²) in [5, 5.41) is 3.39. The summed E-state index contributed by atoms with van der Waals surface area (Å²) >= 11 is 0. The molecule has 0 radical (unpaired) electrons. The predicted molar refractivity (Wildman–Crippen MR) is 79.9 cm³/mol. The van der Waals surface area contributed by atoms with E-state index in [-0.39, 0.29) is 12.2 Å². The highest BCUT2D eigenvalue weighted by molar-refractivity contribution is 5.43. The summed E-state index contributed by atoms with van der Waals surface area (Å²) in [5.74, 6) is 0. The second kappa shape index (κ2) is 7.57. The Balaban J connectivity index is 1.93. The van der Waals surface area contributed by atoms with Crippen molar-refractivity contribution in [3.8, 4) is 0 Å². The molecule has 5 nitrogen and oxygen atoms in total. The molecule has 0 aliphatic carbocycles. The number of pyridine rings is 1. The second-order valence-electron chi connectivity index (χ2n) is 5.21. The molecule has 0 bridgehead atoms. The van der Waals surface area contributed by atoms with Crippen molar-refractivity contribution in [2.45, 2.75) is 32.1 Å². The molecule has 0 saturated carbocycles. The van der Waals surface area contributed by atoms with E-state index >= 15 is 0 Å². The zero-order valence-electron chi connectivity index (χ0n) is 12.6. The minimum atomic E-state index is 0.154. The number of nitrogens with zero attached hydrogens (tertiary/aromatic N) is 2. The van der Waals surface area contributed by atoms with Gasteiger partial charge in [-0.3, -0.25) is 9.88 Å². The van der Waals surface area contributed by atoms with E-state index in [0.717, 1.165) is 44.0 Å². The van der Waals surface area contributed by atoms with Gasteiger partial charge in [0.15, 0.2) is 0 Å². The molecule has 0 aromatic carbocycles. The van der Waals surface area contributed by atoms with Crippen molar-refractivity contribution in [3.05, 3.63) is 24.0 Å². The highest BCUT2D eigenvalue weighted by Crippen LogP contribution is 2.18. The van der Waals surface area contributed by atoms with Gasteiger partial charge in [-0.2, -0.15) is 0 Å². The molecular formula is C15H25N3O2. The lowest BCUT2D eigenvalue weighted by Gasteiger charge is -2.15. The standard InChI is InChI=1S/C15H25N3O2/c1-4-6-16-12-5-7-17-13(8-12)9-18-10-14(19-2)15(11-18)20-3/h5,7-8,14-15H,4,6,9-11H2,1-3H3,(H,16,17). The molecule has 1 aliphatic heterocycles. The van der Waals surface area contributed by atoms with Crippen LogP contribution in [0.25, 0.3) is 0 Å². The maximum absolute atomic E-state index is 5.46. The quantitative estimate of drug-likeness (QED) is 0.824. The first kappa shape index (κ1) is 15.2. The number of rotatable bonds is 7. The molecule has 2 heterocycles. The van der Waals surface area contributed by atoms with Crippen LogP contribution in [0.1, 0.15) is 19.0 Å². The fourth-order valence-electron chi connectivity index (χ4n) is 2.57. The molecule has 2 unspecified atom stereocenters. The van der Waals surface area contributed by atoms with Crippen LogP contribution in [0.4, 0.5) is 5.69 Å². The van der Waals surface area contributed by atoms with Crippen LogP contribution >= 0.6 is 0 Å². The molecule has 1 saturated heterocycles. The number of nitrogens with one attached hydrogen (secondary N) is 1. The Labute approximate surface area is 121 Å².